The van der Waals surface area contributed by atoms with Crippen molar-refractivity contribution in [3.05, 3.63) is 83.2 Å². The van der Waals surface area contributed by atoms with Gasteiger partial charge in [-0.1, -0.05) is 62.4 Å². The first-order valence-electron chi connectivity index (χ1n) is 14.6. The Bertz CT molecular complexity index is 1280. The van der Waals surface area contributed by atoms with Gasteiger partial charge in [-0.2, -0.15) is 22.0 Å². The zero-order valence-corrected chi connectivity index (χ0v) is 24.9. The quantitative estimate of drug-likeness (QED) is 0.203. The predicted octanol–water partition coefficient (Wildman–Crippen LogP) is 6.85. The molecule has 0 spiro atoms. The Hall–Kier alpha value is -3.23. The molecule has 0 saturated heterocycles. The van der Waals surface area contributed by atoms with Gasteiger partial charge in [0, 0.05) is 23.9 Å². The lowest BCUT2D eigenvalue weighted by molar-refractivity contribution is -0.139. The van der Waals surface area contributed by atoms with E-state index in [0.717, 1.165) is 40.2 Å². The van der Waals surface area contributed by atoms with Crippen LogP contribution in [0.1, 0.15) is 84.5 Å². The Morgan fingerprint density at radius 3 is 2.56 bits per heavy atom. The van der Waals surface area contributed by atoms with Gasteiger partial charge in [0.2, 0.25) is 0 Å². The van der Waals surface area contributed by atoms with E-state index in [1.54, 1.807) is 30.2 Å². The Morgan fingerprint density at radius 2 is 1.85 bits per heavy atom. The molecule has 2 N–H and O–H groups in total. The van der Waals surface area contributed by atoms with Crippen molar-refractivity contribution in [1.82, 2.24) is 15.5 Å². The second-order valence-corrected chi connectivity index (χ2v) is 11.8. The monoisotopic (exact) mass is 575 g/mol. The summed E-state index contributed by atoms with van der Waals surface area (Å²) in [6.07, 6.45) is 14.1. The molecule has 2 aromatic carbocycles. The van der Waals surface area contributed by atoms with Crippen molar-refractivity contribution in [2.75, 3.05) is 18.6 Å². The molecule has 41 heavy (non-hydrogen) atoms. The molecule has 1 aliphatic rings. The molecule has 0 bridgehead atoms. The molecule has 1 saturated carbocycles. The van der Waals surface area contributed by atoms with Gasteiger partial charge >= 0.3 is 5.97 Å². The fourth-order valence-electron chi connectivity index (χ4n) is 5.64. The fourth-order valence-corrected chi connectivity index (χ4v) is 6.11. The summed E-state index contributed by atoms with van der Waals surface area (Å²) in [5, 5.41) is 20.5. The molecule has 4 rings (SSSR count). The summed E-state index contributed by atoms with van der Waals surface area (Å²) < 4.78 is 6.52. The van der Waals surface area contributed by atoms with Crippen molar-refractivity contribution in [3.63, 3.8) is 0 Å². The van der Waals surface area contributed by atoms with E-state index in [-0.39, 0.29) is 6.10 Å². The van der Waals surface area contributed by atoms with E-state index in [0.29, 0.717) is 24.3 Å². The number of carbonyl (C=O) groups is 2. The van der Waals surface area contributed by atoms with Gasteiger partial charge in [-0.3, -0.25) is 4.79 Å². The van der Waals surface area contributed by atoms with Crippen LogP contribution in [0.25, 0.3) is 11.1 Å². The summed E-state index contributed by atoms with van der Waals surface area (Å²) in [7, 11) is 0. The highest BCUT2D eigenvalue weighted by Crippen LogP contribution is 2.34. The Kier molecular flexibility index (Phi) is 11.8. The number of amides is 1. The van der Waals surface area contributed by atoms with Gasteiger partial charge in [-0.25, -0.2) is 4.79 Å². The second kappa shape index (κ2) is 15.7. The third-order valence-electron chi connectivity index (χ3n) is 7.92. The molecule has 1 aliphatic carbocycles. The number of carbonyl (C=O) groups excluding carboxylic acids is 1. The molecule has 1 amide bonds. The van der Waals surface area contributed by atoms with Crippen molar-refractivity contribution in [2.24, 2.45) is 5.92 Å². The number of carboxylic acids is 1. The number of aliphatic carboxylic acids is 1. The smallest absolute Gasteiger partial charge is 0.326 e. The van der Waals surface area contributed by atoms with E-state index in [9.17, 15) is 14.7 Å². The lowest BCUT2D eigenvalue weighted by atomic mass is 9.86. The SMILES string of the molecule is CSCCC(NC(=O)c1ccc(C(OCCCC2CCCCC2)c2ccnnc2)cc1-c1ccccc1C)C(=O)O. The number of nitrogens with one attached hydrogen (secondary N) is 1. The average Bonchev–Trinajstić information content (AvgIpc) is 3.00. The van der Waals surface area contributed by atoms with Gasteiger partial charge in [-0.05, 0) is 84.6 Å². The fraction of sp³-hybridized carbons (Fsp3) is 0.455. The molecule has 218 valence electrons. The molecule has 8 heteroatoms. The minimum Gasteiger partial charge on any atom is -0.480 e. The maximum atomic E-state index is 13.5. The summed E-state index contributed by atoms with van der Waals surface area (Å²) in [5.41, 5.74) is 4.91. The second-order valence-electron chi connectivity index (χ2n) is 10.8. The van der Waals surface area contributed by atoms with Crippen molar-refractivity contribution in [1.29, 1.82) is 0 Å². The maximum absolute atomic E-state index is 13.5. The summed E-state index contributed by atoms with van der Waals surface area (Å²) >= 11 is 1.55. The van der Waals surface area contributed by atoms with Gasteiger partial charge in [0.25, 0.3) is 5.91 Å². The number of aromatic nitrogens is 2. The van der Waals surface area contributed by atoms with Crippen LogP contribution >= 0.6 is 11.8 Å². The average molecular weight is 576 g/mol. The summed E-state index contributed by atoms with van der Waals surface area (Å²) in [5.74, 6) is -0.00261. The predicted molar refractivity (Wildman–Crippen MR) is 164 cm³/mol. The number of aryl methyl sites for hydroxylation is 1. The van der Waals surface area contributed by atoms with Crippen molar-refractivity contribution in [3.8, 4) is 11.1 Å². The van der Waals surface area contributed by atoms with Crippen LogP contribution in [-0.2, 0) is 9.53 Å². The Balaban J connectivity index is 1.64. The molecular formula is C33H41N3O4S. The highest BCUT2D eigenvalue weighted by atomic mass is 32.2. The number of hydrogen-bond acceptors (Lipinski definition) is 6. The lowest BCUT2D eigenvalue weighted by Gasteiger charge is -2.23. The highest BCUT2D eigenvalue weighted by Gasteiger charge is 2.25. The first-order valence-corrected chi connectivity index (χ1v) is 16.0. The Labute approximate surface area is 247 Å². The third kappa shape index (κ3) is 8.63. The zero-order valence-electron chi connectivity index (χ0n) is 24.1. The third-order valence-corrected chi connectivity index (χ3v) is 8.56. The van der Waals surface area contributed by atoms with Crippen molar-refractivity contribution < 1.29 is 19.4 Å². The summed E-state index contributed by atoms with van der Waals surface area (Å²) in [6.45, 7) is 2.63. The van der Waals surface area contributed by atoms with E-state index in [1.165, 1.54) is 38.5 Å². The van der Waals surface area contributed by atoms with Crippen LogP contribution in [-0.4, -0.2) is 51.8 Å². The van der Waals surface area contributed by atoms with Crippen LogP contribution in [0.15, 0.2) is 60.9 Å². The Morgan fingerprint density at radius 1 is 1.05 bits per heavy atom. The standard InChI is InChI=1S/C33H41N3O4S/c1-23-9-6-7-13-27(23)29-21-25(14-15-28(29)32(37)36-30(33(38)39)17-20-41-2)31(26-16-18-34-35-22-26)40-19-8-12-24-10-4-3-5-11-24/h6-7,9,13-16,18,21-22,24,30-31H,3-5,8,10-12,17,19-20H2,1-2H3,(H,36,37)(H,38,39). The van der Waals surface area contributed by atoms with Crippen LogP contribution in [0, 0.1) is 12.8 Å². The van der Waals surface area contributed by atoms with Crippen LogP contribution in [0.4, 0.5) is 0 Å². The molecule has 7 nitrogen and oxygen atoms in total. The van der Waals surface area contributed by atoms with Gasteiger partial charge in [0.15, 0.2) is 0 Å². The van der Waals surface area contributed by atoms with Gasteiger partial charge in [0.05, 0.1) is 6.20 Å². The van der Waals surface area contributed by atoms with Crippen LogP contribution in [0.5, 0.6) is 0 Å². The molecule has 3 aromatic rings. The number of hydrogen-bond donors (Lipinski definition) is 2. The van der Waals surface area contributed by atoms with E-state index >= 15 is 0 Å². The number of carboxylic acid groups (broad SMARTS) is 1. The molecular weight excluding hydrogens is 534 g/mol. The number of thioether (sulfide) groups is 1. The topological polar surface area (TPSA) is 101 Å². The van der Waals surface area contributed by atoms with Crippen LogP contribution in [0.2, 0.25) is 0 Å². The molecule has 2 atom stereocenters. The van der Waals surface area contributed by atoms with E-state index in [4.69, 9.17) is 4.74 Å². The molecule has 0 aliphatic heterocycles. The summed E-state index contributed by atoms with van der Waals surface area (Å²) in [6, 6.07) is 14.6. The molecule has 1 fully saturated rings. The van der Waals surface area contributed by atoms with E-state index in [2.05, 4.69) is 15.5 Å². The lowest BCUT2D eigenvalue weighted by Crippen LogP contribution is -2.41. The van der Waals surface area contributed by atoms with Gasteiger partial charge in [0.1, 0.15) is 12.1 Å². The first kappa shape index (κ1) is 30.7. The number of nitrogens with zero attached hydrogens (tertiary/aromatic N) is 2. The van der Waals surface area contributed by atoms with Gasteiger partial charge in [-0.15, -0.1) is 0 Å². The molecule has 1 heterocycles. The minimum atomic E-state index is -1.03. The molecule has 1 aromatic heterocycles. The van der Waals surface area contributed by atoms with E-state index in [1.807, 2.05) is 55.6 Å². The van der Waals surface area contributed by atoms with Crippen molar-refractivity contribution in [2.45, 2.75) is 70.4 Å². The normalized spacial score (nSPS) is 15.3. The van der Waals surface area contributed by atoms with E-state index < -0.39 is 17.9 Å². The van der Waals surface area contributed by atoms with Crippen LogP contribution < -0.4 is 5.32 Å². The summed E-state index contributed by atoms with van der Waals surface area (Å²) in [4.78, 5) is 25.4. The molecule has 2 unspecified atom stereocenters. The zero-order chi connectivity index (χ0) is 29.0. The first-order chi connectivity index (χ1) is 20.0. The van der Waals surface area contributed by atoms with Crippen LogP contribution in [0.3, 0.4) is 0 Å². The van der Waals surface area contributed by atoms with Crippen molar-refractivity contribution >= 4 is 23.6 Å². The minimum absolute atomic E-state index is 0.353. The number of rotatable bonds is 14. The maximum Gasteiger partial charge on any atom is 0.326 e. The largest absolute Gasteiger partial charge is 0.480 e. The number of ether oxygens (including phenoxy) is 1. The van der Waals surface area contributed by atoms with Gasteiger partial charge < -0.3 is 15.2 Å². The number of benzene rings is 2. The molecule has 0 radical (unpaired) electrons. The highest BCUT2D eigenvalue weighted by molar-refractivity contribution is 7.98.